The smallest absolute Gasteiger partial charge is 0.0546 e. The van der Waals surface area contributed by atoms with Crippen LogP contribution in [0.1, 0.15) is 49.9 Å². The van der Waals surface area contributed by atoms with Gasteiger partial charge in [-0.05, 0) is 159 Å². The van der Waals surface area contributed by atoms with E-state index >= 15 is 0 Å². The molecule has 76 heavy (non-hydrogen) atoms. The molecule has 14 aromatic carbocycles. The van der Waals surface area contributed by atoms with Crippen molar-refractivity contribution < 1.29 is 0 Å². The molecule has 0 spiro atoms. The standard InChI is InChI=1S/C74H52N2/c1-73(2)61-29-17-23-47-31-33-49-39-53(41-63(73)69(49)67(47)61)75(51-25-13-7-14-26-51)65-43-59(45-19-9-5-10-20-45)55-36-38-58-66(44-60(46-21-11-6-12-22-46)56-35-37-57(65)71(55)72(56)58)76(52-27-15-8-16-28-52)54-40-50-34-32-48-24-18-30-62-68(48)70(50)64(42-54)74(62,3)4/h5-44H,1-4H3. The monoisotopic (exact) mass is 968 g/mol. The molecule has 2 aliphatic carbocycles. The lowest BCUT2D eigenvalue weighted by Gasteiger charge is -2.32. The Bertz CT molecular complexity index is 4420. The molecule has 0 fully saturated rings. The first-order chi connectivity index (χ1) is 37.2. The SMILES string of the molecule is CC1(C)c2cccc3ccc4cc(N(c5ccccc5)c5cc(-c6ccccc6)c6ccc7c(N(c8ccccc8)c8cc9c%10c(ccc%11cccc(c%11%10)C9(C)C)c8)cc(-c8ccccc8)c8ccc5c6c87)cc1c4c23. The maximum atomic E-state index is 2.54. The molecule has 358 valence electrons. The van der Waals surface area contributed by atoms with Gasteiger partial charge in [0, 0.05) is 55.1 Å². The van der Waals surface area contributed by atoms with Gasteiger partial charge in [0.2, 0.25) is 0 Å². The Kier molecular flexibility index (Phi) is 8.89. The van der Waals surface area contributed by atoms with Gasteiger partial charge in [-0.15, -0.1) is 0 Å². The minimum Gasteiger partial charge on any atom is -0.310 e. The van der Waals surface area contributed by atoms with Crippen LogP contribution in [0.25, 0.3) is 97.7 Å². The summed E-state index contributed by atoms with van der Waals surface area (Å²) in [6.07, 6.45) is 0. The second kappa shape index (κ2) is 15.6. The highest BCUT2D eigenvalue weighted by Crippen LogP contribution is 2.56. The zero-order chi connectivity index (χ0) is 50.6. The van der Waals surface area contributed by atoms with E-state index in [9.17, 15) is 0 Å². The summed E-state index contributed by atoms with van der Waals surface area (Å²) in [5.41, 5.74) is 16.8. The maximum absolute atomic E-state index is 2.54. The summed E-state index contributed by atoms with van der Waals surface area (Å²) in [5.74, 6) is 0. The summed E-state index contributed by atoms with van der Waals surface area (Å²) in [7, 11) is 0. The Hall–Kier alpha value is -9.24. The summed E-state index contributed by atoms with van der Waals surface area (Å²) >= 11 is 0. The number of hydrogen-bond acceptors (Lipinski definition) is 2. The van der Waals surface area contributed by atoms with Crippen LogP contribution in [0.4, 0.5) is 34.1 Å². The first-order valence-corrected chi connectivity index (χ1v) is 26.8. The van der Waals surface area contributed by atoms with E-state index in [-0.39, 0.29) is 10.8 Å². The molecule has 14 aromatic rings. The molecule has 16 rings (SSSR count). The van der Waals surface area contributed by atoms with Crippen LogP contribution in [0.3, 0.4) is 0 Å². The largest absolute Gasteiger partial charge is 0.310 e. The predicted octanol–water partition coefficient (Wildman–Crippen LogP) is 20.7. The van der Waals surface area contributed by atoms with Gasteiger partial charge in [0.15, 0.2) is 0 Å². The van der Waals surface area contributed by atoms with Crippen molar-refractivity contribution in [1.29, 1.82) is 0 Å². The van der Waals surface area contributed by atoms with Crippen molar-refractivity contribution in [3.8, 4) is 22.3 Å². The average Bonchev–Trinajstić information content (AvgIpc) is 3.90. The summed E-state index contributed by atoms with van der Waals surface area (Å²) in [4.78, 5) is 5.09. The van der Waals surface area contributed by atoms with Crippen molar-refractivity contribution in [1.82, 2.24) is 0 Å². The van der Waals surface area contributed by atoms with Crippen LogP contribution in [0.15, 0.2) is 243 Å². The molecular weight excluding hydrogens is 917 g/mol. The van der Waals surface area contributed by atoms with Crippen molar-refractivity contribution in [2.45, 2.75) is 38.5 Å². The van der Waals surface area contributed by atoms with Gasteiger partial charge in [-0.1, -0.05) is 210 Å². The van der Waals surface area contributed by atoms with E-state index in [2.05, 4.69) is 280 Å². The van der Waals surface area contributed by atoms with Gasteiger partial charge in [-0.2, -0.15) is 0 Å². The van der Waals surface area contributed by atoms with E-state index in [1.807, 2.05) is 0 Å². The summed E-state index contributed by atoms with van der Waals surface area (Å²) in [5, 5.41) is 18.1. The fourth-order valence-corrected chi connectivity index (χ4v) is 14.1. The highest BCUT2D eigenvalue weighted by Gasteiger charge is 2.37. The molecule has 0 aliphatic heterocycles. The third-order valence-corrected chi connectivity index (χ3v) is 17.6. The maximum Gasteiger partial charge on any atom is 0.0546 e. The molecule has 0 bridgehead atoms. The van der Waals surface area contributed by atoms with E-state index in [0.717, 1.165) is 34.1 Å². The number of benzene rings is 14. The van der Waals surface area contributed by atoms with Crippen LogP contribution < -0.4 is 9.80 Å². The molecule has 2 heteroatoms. The van der Waals surface area contributed by atoms with Crippen LogP contribution in [-0.2, 0) is 10.8 Å². The predicted molar refractivity (Wildman–Crippen MR) is 325 cm³/mol. The summed E-state index contributed by atoms with van der Waals surface area (Å²) in [6.45, 7) is 9.62. The Morgan fingerprint density at radius 1 is 0.250 bits per heavy atom. The summed E-state index contributed by atoms with van der Waals surface area (Å²) in [6, 6.07) is 91.6. The average molecular weight is 969 g/mol. The molecule has 0 amide bonds. The highest BCUT2D eigenvalue weighted by molar-refractivity contribution is 6.33. The lowest BCUT2D eigenvalue weighted by atomic mass is 9.81. The van der Waals surface area contributed by atoms with Gasteiger partial charge in [-0.25, -0.2) is 0 Å². The minimum absolute atomic E-state index is 0.179. The lowest BCUT2D eigenvalue weighted by molar-refractivity contribution is 0.662. The number of para-hydroxylation sites is 2. The number of hydrogen-bond donors (Lipinski definition) is 0. The molecule has 0 saturated carbocycles. The molecule has 0 saturated heterocycles. The van der Waals surface area contributed by atoms with E-state index in [1.54, 1.807) is 0 Å². The number of nitrogens with zero attached hydrogens (tertiary/aromatic N) is 2. The Balaban J connectivity index is 1.03. The fraction of sp³-hybridized carbons (Fsp3) is 0.0811. The van der Waals surface area contributed by atoms with Crippen LogP contribution in [0, 0.1) is 0 Å². The molecular formula is C74H52N2. The first-order valence-electron chi connectivity index (χ1n) is 26.8. The highest BCUT2D eigenvalue weighted by atomic mass is 15.2. The van der Waals surface area contributed by atoms with Crippen molar-refractivity contribution in [3.05, 3.63) is 265 Å². The number of anilines is 6. The zero-order valence-electron chi connectivity index (χ0n) is 43.0. The third kappa shape index (κ3) is 5.93. The van der Waals surface area contributed by atoms with Gasteiger partial charge < -0.3 is 9.80 Å². The van der Waals surface area contributed by atoms with Crippen LogP contribution in [0.5, 0.6) is 0 Å². The second-order valence-corrected chi connectivity index (χ2v) is 22.4. The molecule has 2 aliphatic rings. The Morgan fingerprint density at radius 2 is 0.605 bits per heavy atom. The van der Waals surface area contributed by atoms with E-state index in [1.165, 1.54) is 120 Å². The van der Waals surface area contributed by atoms with Gasteiger partial charge in [0.05, 0.1) is 11.4 Å². The topological polar surface area (TPSA) is 6.48 Å². The van der Waals surface area contributed by atoms with Crippen molar-refractivity contribution >= 4 is 110 Å². The van der Waals surface area contributed by atoms with Crippen molar-refractivity contribution in [2.24, 2.45) is 0 Å². The van der Waals surface area contributed by atoms with E-state index in [4.69, 9.17) is 0 Å². The van der Waals surface area contributed by atoms with Crippen LogP contribution in [0.2, 0.25) is 0 Å². The zero-order valence-corrected chi connectivity index (χ0v) is 43.0. The van der Waals surface area contributed by atoms with E-state index in [0.29, 0.717) is 0 Å². The van der Waals surface area contributed by atoms with Gasteiger partial charge in [0.25, 0.3) is 0 Å². The molecule has 0 atom stereocenters. The van der Waals surface area contributed by atoms with E-state index < -0.39 is 0 Å². The first kappa shape index (κ1) is 43.2. The second-order valence-electron chi connectivity index (χ2n) is 22.4. The van der Waals surface area contributed by atoms with Crippen LogP contribution in [-0.4, -0.2) is 0 Å². The Morgan fingerprint density at radius 3 is 1.01 bits per heavy atom. The van der Waals surface area contributed by atoms with Crippen molar-refractivity contribution in [3.63, 3.8) is 0 Å². The van der Waals surface area contributed by atoms with Gasteiger partial charge >= 0.3 is 0 Å². The summed E-state index contributed by atoms with van der Waals surface area (Å²) < 4.78 is 0. The van der Waals surface area contributed by atoms with Gasteiger partial charge in [0.1, 0.15) is 0 Å². The van der Waals surface area contributed by atoms with Gasteiger partial charge in [-0.3, -0.25) is 0 Å². The molecule has 0 heterocycles. The molecule has 2 nitrogen and oxygen atoms in total. The van der Waals surface area contributed by atoms with Crippen LogP contribution >= 0.6 is 0 Å². The minimum atomic E-state index is -0.179. The molecule has 0 N–H and O–H groups in total. The fourth-order valence-electron chi connectivity index (χ4n) is 14.1. The Labute approximate surface area is 442 Å². The quantitative estimate of drug-likeness (QED) is 0.140. The third-order valence-electron chi connectivity index (χ3n) is 17.6. The lowest BCUT2D eigenvalue weighted by Crippen LogP contribution is -2.17. The number of rotatable bonds is 8. The molecule has 0 unspecified atom stereocenters. The molecule has 0 radical (unpaired) electrons. The normalized spacial score (nSPS) is 14.0. The molecule has 0 aromatic heterocycles. The van der Waals surface area contributed by atoms with Crippen molar-refractivity contribution in [2.75, 3.05) is 9.80 Å².